The largest absolute Gasteiger partial charge is 0.370 e. The van der Waals surface area contributed by atoms with Crippen molar-refractivity contribution < 1.29 is 8.78 Å². The number of hydrogen-bond donors (Lipinski definition) is 1. The number of aromatic nitrogens is 1. The van der Waals surface area contributed by atoms with Crippen molar-refractivity contribution in [3.8, 4) is 0 Å². The minimum absolute atomic E-state index is 0.0709. The van der Waals surface area contributed by atoms with Crippen LogP contribution in [-0.4, -0.2) is 11.5 Å². The number of nitrogens with one attached hydrogen (secondary N) is 1. The summed E-state index contributed by atoms with van der Waals surface area (Å²) in [7, 11) is 0. The third-order valence-electron chi connectivity index (χ3n) is 2.41. The lowest BCUT2D eigenvalue weighted by molar-refractivity contribution is 0.515. The number of halogens is 2. The van der Waals surface area contributed by atoms with Crippen LogP contribution in [0.5, 0.6) is 0 Å². The predicted octanol–water partition coefficient (Wildman–Crippen LogP) is 3.25. The van der Waals surface area contributed by atoms with Crippen molar-refractivity contribution in [3.63, 3.8) is 0 Å². The van der Waals surface area contributed by atoms with Gasteiger partial charge in [0.25, 0.3) is 0 Å². The summed E-state index contributed by atoms with van der Waals surface area (Å²) in [6.07, 6.45) is 0. The summed E-state index contributed by atoms with van der Waals surface area (Å²) in [4.78, 5) is 4.10. The second kappa shape index (κ2) is 4.04. The molecule has 84 valence electrons. The van der Waals surface area contributed by atoms with E-state index in [9.17, 15) is 8.78 Å². The van der Waals surface area contributed by atoms with Crippen molar-refractivity contribution in [2.75, 3.05) is 11.9 Å². The molecule has 0 unspecified atom stereocenters. The average molecular weight is 222 g/mol. The van der Waals surface area contributed by atoms with Gasteiger partial charge >= 0.3 is 0 Å². The van der Waals surface area contributed by atoms with Crippen molar-refractivity contribution in [2.45, 2.75) is 13.8 Å². The van der Waals surface area contributed by atoms with Gasteiger partial charge in [-0.25, -0.2) is 13.8 Å². The molecule has 0 aliphatic rings. The number of pyridine rings is 1. The molecule has 1 aromatic heterocycles. The molecular weight excluding hydrogens is 210 g/mol. The summed E-state index contributed by atoms with van der Waals surface area (Å²) in [6, 6.07) is 4.44. The third-order valence-corrected chi connectivity index (χ3v) is 2.41. The zero-order valence-corrected chi connectivity index (χ0v) is 9.14. The standard InChI is InChI=1S/C12H12F2N2/c1-3-15-12-7(2)6-8-4-5-9(13)10(14)11(8)16-12/h4-6H,3H2,1-2H3,(H,15,16). The molecule has 0 saturated heterocycles. The van der Waals surface area contributed by atoms with E-state index < -0.39 is 11.6 Å². The Kier molecular flexibility index (Phi) is 2.73. The summed E-state index contributed by atoms with van der Waals surface area (Å²) in [5, 5.41) is 3.62. The topological polar surface area (TPSA) is 24.9 Å². The zero-order chi connectivity index (χ0) is 11.7. The van der Waals surface area contributed by atoms with Crippen LogP contribution >= 0.6 is 0 Å². The van der Waals surface area contributed by atoms with Crippen LogP contribution in [-0.2, 0) is 0 Å². The third kappa shape index (κ3) is 1.71. The lowest BCUT2D eigenvalue weighted by Gasteiger charge is -2.08. The van der Waals surface area contributed by atoms with Gasteiger partial charge in [-0.3, -0.25) is 0 Å². The van der Waals surface area contributed by atoms with E-state index in [0.717, 1.165) is 11.6 Å². The Morgan fingerprint density at radius 3 is 2.75 bits per heavy atom. The first kappa shape index (κ1) is 10.8. The fourth-order valence-corrected chi connectivity index (χ4v) is 1.63. The second-order valence-electron chi connectivity index (χ2n) is 3.62. The fourth-order valence-electron chi connectivity index (χ4n) is 1.63. The molecule has 0 aliphatic heterocycles. The van der Waals surface area contributed by atoms with Crippen LogP contribution in [0.3, 0.4) is 0 Å². The maximum absolute atomic E-state index is 13.5. The fraction of sp³-hybridized carbons (Fsp3) is 0.250. The highest BCUT2D eigenvalue weighted by atomic mass is 19.2. The molecule has 2 aromatic rings. The van der Waals surface area contributed by atoms with Gasteiger partial charge in [-0.2, -0.15) is 0 Å². The van der Waals surface area contributed by atoms with Crippen LogP contribution in [0.25, 0.3) is 10.9 Å². The monoisotopic (exact) mass is 222 g/mol. The number of rotatable bonds is 2. The first-order valence-corrected chi connectivity index (χ1v) is 5.12. The van der Waals surface area contributed by atoms with E-state index >= 15 is 0 Å². The lowest BCUT2D eigenvalue weighted by atomic mass is 10.1. The molecular formula is C12H12F2N2. The Morgan fingerprint density at radius 2 is 2.06 bits per heavy atom. The Morgan fingerprint density at radius 1 is 1.31 bits per heavy atom. The molecule has 16 heavy (non-hydrogen) atoms. The number of fused-ring (bicyclic) bond motifs is 1. The first-order valence-electron chi connectivity index (χ1n) is 5.12. The molecule has 4 heteroatoms. The summed E-state index contributed by atoms with van der Waals surface area (Å²) in [6.45, 7) is 4.50. The van der Waals surface area contributed by atoms with Crippen LogP contribution in [0.1, 0.15) is 12.5 Å². The van der Waals surface area contributed by atoms with Gasteiger partial charge < -0.3 is 5.32 Å². The Labute approximate surface area is 92.3 Å². The number of anilines is 1. The minimum atomic E-state index is -0.892. The van der Waals surface area contributed by atoms with E-state index in [0.29, 0.717) is 17.7 Å². The van der Waals surface area contributed by atoms with Crippen LogP contribution in [0.2, 0.25) is 0 Å². The molecule has 0 bridgehead atoms. The Balaban J connectivity index is 2.70. The van der Waals surface area contributed by atoms with Crippen LogP contribution in [0.15, 0.2) is 18.2 Å². The van der Waals surface area contributed by atoms with E-state index in [1.807, 2.05) is 13.8 Å². The van der Waals surface area contributed by atoms with Gasteiger partial charge in [0, 0.05) is 11.9 Å². The average Bonchev–Trinajstić information content (AvgIpc) is 2.26. The molecule has 0 amide bonds. The van der Waals surface area contributed by atoms with E-state index in [2.05, 4.69) is 10.3 Å². The molecule has 0 saturated carbocycles. The Hall–Kier alpha value is -1.71. The van der Waals surface area contributed by atoms with Crippen molar-refractivity contribution in [2.24, 2.45) is 0 Å². The molecule has 0 atom stereocenters. The minimum Gasteiger partial charge on any atom is -0.370 e. The van der Waals surface area contributed by atoms with Crippen molar-refractivity contribution in [1.82, 2.24) is 4.98 Å². The van der Waals surface area contributed by atoms with Gasteiger partial charge in [-0.05, 0) is 37.6 Å². The van der Waals surface area contributed by atoms with Crippen LogP contribution < -0.4 is 5.32 Å². The molecule has 1 aromatic carbocycles. The van der Waals surface area contributed by atoms with E-state index in [-0.39, 0.29) is 5.52 Å². The maximum Gasteiger partial charge on any atom is 0.185 e. The van der Waals surface area contributed by atoms with Gasteiger partial charge in [0.2, 0.25) is 0 Å². The Bertz CT molecular complexity index is 538. The predicted molar refractivity (Wildman–Crippen MR) is 60.6 cm³/mol. The molecule has 0 spiro atoms. The maximum atomic E-state index is 13.5. The number of benzene rings is 1. The SMILES string of the molecule is CCNc1nc2c(F)c(F)ccc2cc1C. The van der Waals surface area contributed by atoms with Gasteiger partial charge in [0.15, 0.2) is 11.6 Å². The lowest BCUT2D eigenvalue weighted by Crippen LogP contribution is -2.02. The van der Waals surface area contributed by atoms with E-state index in [4.69, 9.17) is 0 Å². The molecule has 0 fully saturated rings. The molecule has 0 aliphatic carbocycles. The molecule has 1 N–H and O–H groups in total. The molecule has 2 nitrogen and oxygen atoms in total. The highest BCUT2D eigenvalue weighted by Crippen LogP contribution is 2.23. The van der Waals surface area contributed by atoms with Gasteiger partial charge in [-0.1, -0.05) is 0 Å². The summed E-state index contributed by atoms with van der Waals surface area (Å²) in [5.41, 5.74) is 0.988. The van der Waals surface area contributed by atoms with Crippen molar-refractivity contribution in [1.29, 1.82) is 0 Å². The van der Waals surface area contributed by atoms with Crippen LogP contribution in [0, 0.1) is 18.6 Å². The quantitative estimate of drug-likeness (QED) is 0.843. The number of hydrogen-bond acceptors (Lipinski definition) is 2. The van der Waals surface area contributed by atoms with E-state index in [1.54, 1.807) is 6.07 Å². The smallest absolute Gasteiger partial charge is 0.185 e. The van der Waals surface area contributed by atoms with Gasteiger partial charge in [0.05, 0.1) is 0 Å². The van der Waals surface area contributed by atoms with Crippen molar-refractivity contribution >= 4 is 16.7 Å². The first-order chi connectivity index (χ1) is 7.63. The normalized spacial score (nSPS) is 10.8. The highest BCUT2D eigenvalue weighted by molar-refractivity contribution is 5.82. The zero-order valence-electron chi connectivity index (χ0n) is 9.14. The van der Waals surface area contributed by atoms with Crippen LogP contribution in [0.4, 0.5) is 14.6 Å². The van der Waals surface area contributed by atoms with Gasteiger partial charge in [0.1, 0.15) is 11.3 Å². The molecule has 0 radical (unpaired) electrons. The number of nitrogens with zero attached hydrogens (tertiary/aromatic N) is 1. The van der Waals surface area contributed by atoms with Crippen molar-refractivity contribution in [3.05, 3.63) is 35.4 Å². The summed E-state index contributed by atoms with van der Waals surface area (Å²) >= 11 is 0. The number of aryl methyl sites for hydroxylation is 1. The molecule has 2 rings (SSSR count). The summed E-state index contributed by atoms with van der Waals surface area (Å²) < 4.78 is 26.5. The summed E-state index contributed by atoms with van der Waals surface area (Å²) in [5.74, 6) is -1.16. The highest BCUT2D eigenvalue weighted by Gasteiger charge is 2.10. The van der Waals surface area contributed by atoms with Gasteiger partial charge in [-0.15, -0.1) is 0 Å². The van der Waals surface area contributed by atoms with E-state index in [1.165, 1.54) is 6.07 Å². The molecule has 1 heterocycles. The second-order valence-corrected chi connectivity index (χ2v) is 3.62.